The minimum Gasteiger partial charge on any atom is -0.496 e. The highest BCUT2D eigenvalue weighted by Crippen LogP contribution is 2.32. The fourth-order valence-corrected chi connectivity index (χ4v) is 8.93. The molecule has 5 aromatic rings. The average molecular weight is 711 g/mol. The first-order chi connectivity index (χ1) is 22.6. The lowest BCUT2D eigenvalue weighted by molar-refractivity contribution is -0.117. The summed E-state index contributed by atoms with van der Waals surface area (Å²) in [6.07, 6.45) is 4.78. The summed E-state index contributed by atoms with van der Waals surface area (Å²) in [5.74, 6) is 0.625. The van der Waals surface area contributed by atoms with Gasteiger partial charge in [0.05, 0.1) is 23.3 Å². The van der Waals surface area contributed by atoms with Crippen LogP contribution in [0.3, 0.4) is 0 Å². The van der Waals surface area contributed by atoms with E-state index in [0.717, 1.165) is 41.0 Å². The molecule has 47 heavy (non-hydrogen) atoms. The Labute approximate surface area is 280 Å². The smallest absolute Gasteiger partial charge is 0.263 e. The molecule has 16 heteroatoms. The molecule has 0 spiro atoms. The van der Waals surface area contributed by atoms with E-state index in [1.165, 1.54) is 34.9 Å². The van der Waals surface area contributed by atoms with Crippen molar-refractivity contribution in [1.29, 1.82) is 0 Å². The fraction of sp³-hybridized carbons (Fsp3) is 0.194. The number of methoxy groups -OCH3 is 1. The fourth-order valence-electron chi connectivity index (χ4n) is 5.26. The molecular formula is C31H30N6O6S4. The molecule has 0 atom stereocenters. The van der Waals surface area contributed by atoms with Gasteiger partial charge in [-0.25, -0.2) is 26.8 Å². The van der Waals surface area contributed by atoms with Gasteiger partial charge in [0.2, 0.25) is 5.91 Å². The summed E-state index contributed by atoms with van der Waals surface area (Å²) in [7, 11) is -5.68. The number of amides is 1. The standard InChI is InChI=1S/C20H19N3O4S2.C11H11N3O2S2/c1-27-18-5-3-2-4-15(18)13-19(24)23-10-8-14-12-16(6-7-17(14)23)29(25,26)22-20-21-9-11-28-20;15-18(16,14-11-13-5-6-17-11)9-1-2-10-8(7-9)3-4-12-10/h2-7,9,11-12H,8,10,13H2,1H3,(H,21,22);1-2,5-7,12H,3-4H2,(H,13,14). The van der Waals surface area contributed by atoms with E-state index < -0.39 is 20.0 Å². The zero-order valence-corrected chi connectivity index (χ0v) is 28.3. The lowest BCUT2D eigenvalue weighted by Crippen LogP contribution is -2.30. The highest BCUT2D eigenvalue weighted by atomic mass is 32.2. The number of nitrogens with one attached hydrogen (secondary N) is 3. The average Bonchev–Trinajstić information content (AvgIpc) is 3.89. The second-order valence-electron chi connectivity index (χ2n) is 10.5. The van der Waals surface area contributed by atoms with Crippen LogP contribution in [0.4, 0.5) is 21.6 Å². The van der Waals surface area contributed by atoms with Crippen molar-refractivity contribution in [2.75, 3.05) is 39.9 Å². The molecular weight excluding hydrogens is 681 g/mol. The molecule has 0 saturated carbocycles. The molecule has 244 valence electrons. The quantitative estimate of drug-likeness (QED) is 0.191. The topological polar surface area (TPSA) is 160 Å². The first-order valence-electron chi connectivity index (χ1n) is 14.4. The van der Waals surface area contributed by atoms with Crippen LogP contribution in [-0.2, 0) is 44.1 Å². The number of benzene rings is 3. The maximum Gasteiger partial charge on any atom is 0.263 e. The molecule has 12 nitrogen and oxygen atoms in total. The van der Waals surface area contributed by atoms with Gasteiger partial charge in [0.1, 0.15) is 5.75 Å². The van der Waals surface area contributed by atoms with Crippen LogP contribution in [0.25, 0.3) is 0 Å². The summed E-state index contributed by atoms with van der Waals surface area (Å²) in [6.45, 7) is 1.38. The van der Waals surface area contributed by atoms with Gasteiger partial charge in [-0.2, -0.15) is 0 Å². The molecule has 0 fully saturated rings. The van der Waals surface area contributed by atoms with Crippen LogP contribution in [-0.4, -0.2) is 52.9 Å². The van der Waals surface area contributed by atoms with E-state index in [-0.39, 0.29) is 22.1 Å². The van der Waals surface area contributed by atoms with Crippen LogP contribution in [0.2, 0.25) is 0 Å². The van der Waals surface area contributed by atoms with Crippen molar-refractivity contribution in [3.05, 3.63) is 101 Å². The third-order valence-electron chi connectivity index (χ3n) is 7.50. The molecule has 0 unspecified atom stereocenters. The van der Waals surface area contributed by atoms with Gasteiger partial charge < -0.3 is 15.0 Å². The number of para-hydroxylation sites is 1. The van der Waals surface area contributed by atoms with Crippen molar-refractivity contribution < 1.29 is 26.4 Å². The Balaban J connectivity index is 0.000000183. The van der Waals surface area contributed by atoms with Crippen LogP contribution in [0.15, 0.2) is 93.6 Å². The Bertz CT molecular complexity index is 2100. The summed E-state index contributed by atoms with van der Waals surface area (Å²) in [6, 6.07) is 17.4. The molecule has 3 N–H and O–H groups in total. The minimum atomic E-state index is -3.72. The van der Waals surface area contributed by atoms with Gasteiger partial charge in [-0.3, -0.25) is 14.2 Å². The van der Waals surface area contributed by atoms with Crippen molar-refractivity contribution in [2.45, 2.75) is 29.1 Å². The van der Waals surface area contributed by atoms with Crippen molar-refractivity contribution in [3.8, 4) is 5.75 Å². The normalized spacial score (nSPS) is 13.5. The first kappa shape index (κ1) is 32.4. The van der Waals surface area contributed by atoms with E-state index >= 15 is 0 Å². The Morgan fingerprint density at radius 2 is 1.51 bits per heavy atom. The summed E-state index contributed by atoms with van der Waals surface area (Å²) in [5, 5.41) is 7.33. The van der Waals surface area contributed by atoms with Crippen LogP contribution in [0.1, 0.15) is 16.7 Å². The maximum atomic E-state index is 12.9. The van der Waals surface area contributed by atoms with Crippen LogP contribution >= 0.6 is 22.7 Å². The molecule has 4 heterocycles. The van der Waals surface area contributed by atoms with Gasteiger partial charge in [0.15, 0.2) is 10.3 Å². The number of carbonyl (C=O) groups is 1. The van der Waals surface area contributed by atoms with E-state index in [1.54, 1.807) is 59.3 Å². The monoisotopic (exact) mass is 710 g/mol. The van der Waals surface area contributed by atoms with Crippen molar-refractivity contribution in [2.24, 2.45) is 0 Å². The van der Waals surface area contributed by atoms with E-state index in [2.05, 4.69) is 24.7 Å². The zero-order valence-electron chi connectivity index (χ0n) is 25.0. The van der Waals surface area contributed by atoms with Crippen molar-refractivity contribution in [1.82, 2.24) is 9.97 Å². The molecule has 1 amide bonds. The lowest BCUT2D eigenvalue weighted by Gasteiger charge is -2.18. The third-order valence-corrected chi connectivity index (χ3v) is 11.8. The predicted molar refractivity (Wildman–Crippen MR) is 184 cm³/mol. The van der Waals surface area contributed by atoms with E-state index in [9.17, 15) is 21.6 Å². The van der Waals surface area contributed by atoms with Crippen LogP contribution in [0.5, 0.6) is 5.75 Å². The number of thiazole rings is 2. The molecule has 3 aromatic carbocycles. The number of carbonyl (C=O) groups excluding carboxylic acids is 1. The molecule has 0 saturated heterocycles. The number of ether oxygens (including phenoxy) is 1. The Kier molecular flexibility index (Phi) is 9.45. The SMILES string of the molecule is COc1ccccc1CC(=O)N1CCc2cc(S(=O)(=O)Nc3nccs3)ccc21.O=S(=O)(Nc1nccs1)c1ccc2c(c1)CCN2. The van der Waals surface area contributed by atoms with Crippen LogP contribution < -0.4 is 24.4 Å². The highest BCUT2D eigenvalue weighted by molar-refractivity contribution is 7.93. The largest absolute Gasteiger partial charge is 0.496 e. The molecule has 2 aliphatic heterocycles. The van der Waals surface area contributed by atoms with E-state index in [0.29, 0.717) is 29.0 Å². The first-order valence-corrected chi connectivity index (χ1v) is 19.1. The van der Waals surface area contributed by atoms with E-state index in [4.69, 9.17) is 4.74 Å². The van der Waals surface area contributed by atoms with Gasteiger partial charge in [0, 0.05) is 53.2 Å². The van der Waals surface area contributed by atoms with Crippen molar-refractivity contribution >= 4 is 70.3 Å². The summed E-state index contributed by atoms with van der Waals surface area (Å²) in [5.41, 5.74) is 4.46. The Morgan fingerprint density at radius 1 is 0.872 bits per heavy atom. The summed E-state index contributed by atoms with van der Waals surface area (Å²) < 4.78 is 59.7. The molecule has 0 radical (unpaired) electrons. The number of anilines is 4. The number of sulfonamides is 2. The third kappa shape index (κ3) is 7.40. The van der Waals surface area contributed by atoms with Crippen molar-refractivity contribution in [3.63, 3.8) is 0 Å². The number of rotatable bonds is 9. The lowest BCUT2D eigenvalue weighted by atomic mass is 10.1. The number of hydrogen-bond donors (Lipinski definition) is 3. The highest BCUT2D eigenvalue weighted by Gasteiger charge is 2.27. The van der Waals surface area contributed by atoms with Gasteiger partial charge in [-0.15, -0.1) is 22.7 Å². The number of nitrogens with zero attached hydrogens (tertiary/aromatic N) is 3. The van der Waals surface area contributed by atoms with Crippen LogP contribution in [0, 0.1) is 0 Å². The van der Waals surface area contributed by atoms with Gasteiger partial charge >= 0.3 is 0 Å². The molecule has 2 aromatic heterocycles. The summed E-state index contributed by atoms with van der Waals surface area (Å²) >= 11 is 2.47. The summed E-state index contributed by atoms with van der Waals surface area (Å²) in [4.78, 5) is 22.9. The molecule has 0 bridgehead atoms. The molecule has 7 rings (SSSR count). The Hall–Kier alpha value is -4.51. The second-order valence-corrected chi connectivity index (χ2v) is 15.6. The Morgan fingerprint density at radius 3 is 2.15 bits per heavy atom. The predicted octanol–water partition coefficient (Wildman–Crippen LogP) is 5.00. The van der Waals surface area contributed by atoms with Gasteiger partial charge in [-0.05, 0) is 66.4 Å². The van der Waals surface area contributed by atoms with Gasteiger partial charge in [0.25, 0.3) is 20.0 Å². The second kappa shape index (κ2) is 13.7. The number of aromatic nitrogens is 2. The number of hydrogen-bond acceptors (Lipinski definition) is 11. The zero-order chi connectivity index (χ0) is 33.0. The van der Waals surface area contributed by atoms with E-state index in [1.807, 2.05) is 24.3 Å². The maximum absolute atomic E-state index is 12.9. The number of fused-ring (bicyclic) bond motifs is 2. The molecule has 2 aliphatic rings. The molecule has 0 aliphatic carbocycles. The minimum absolute atomic E-state index is 0.0511. The van der Waals surface area contributed by atoms with Gasteiger partial charge in [-0.1, -0.05) is 18.2 Å².